The molecule has 0 heterocycles. The van der Waals surface area contributed by atoms with Crippen molar-refractivity contribution < 1.29 is 24.5 Å². The van der Waals surface area contributed by atoms with Gasteiger partial charge < -0.3 is 14.9 Å². The Balaban J connectivity index is 0. The zero-order valence-electron chi connectivity index (χ0n) is 10.9. The van der Waals surface area contributed by atoms with Gasteiger partial charge in [-0.15, -0.1) is 0 Å². The molecule has 1 atom stereocenters. The van der Waals surface area contributed by atoms with E-state index in [0.717, 1.165) is 0 Å². The Bertz CT molecular complexity index is 199. The quantitative estimate of drug-likeness (QED) is 0.408. The summed E-state index contributed by atoms with van der Waals surface area (Å²) in [6.45, 7) is 5.41. The fraction of sp³-hybridized carbons (Fsp3) is 0.833. The van der Waals surface area contributed by atoms with Gasteiger partial charge in [0, 0.05) is 0 Å². The highest BCUT2D eigenvalue weighted by Gasteiger charge is 2.26. The van der Waals surface area contributed by atoms with Crippen molar-refractivity contribution in [1.29, 1.82) is 0 Å². The van der Waals surface area contributed by atoms with E-state index < -0.39 is 24.5 Å². The van der Waals surface area contributed by atoms with Gasteiger partial charge in [0.2, 0.25) is 0 Å². The van der Waals surface area contributed by atoms with Crippen molar-refractivity contribution in [2.45, 2.75) is 46.5 Å². The molecular weight excluding hydrogens is 224 g/mol. The third-order valence-electron chi connectivity index (χ3n) is 2.01. The van der Waals surface area contributed by atoms with Crippen LogP contribution in [0.5, 0.6) is 0 Å². The second-order valence-corrected chi connectivity index (χ2v) is 3.53. The molecule has 0 amide bonds. The van der Waals surface area contributed by atoms with E-state index in [2.05, 4.69) is 18.6 Å². The van der Waals surface area contributed by atoms with E-state index in [4.69, 9.17) is 10.2 Å². The molecule has 0 saturated heterocycles. The maximum Gasteiger partial charge on any atom is 0.322 e. The number of aliphatic hydroxyl groups is 1. The fourth-order valence-electron chi connectivity index (χ4n) is 0.996. The van der Waals surface area contributed by atoms with E-state index in [1.165, 1.54) is 25.7 Å². The first-order valence-electron chi connectivity index (χ1n) is 6.05. The smallest absolute Gasteiger partial charge is 0.322 e. The number of hydrogen-bond acceptors (Lipinski definition) is 4. The van der Waals surface area contributed by atoms with E-state index >= 15 is 0 Å². The molecule has 0 fully saturated rings. The van der Waals surface area contributed by atoms with Gasteiger partial charge in [0.1, 0.15) is 0 Å². The molecule has 2 N–H and O–H groups in total. The number of aliphatic carboxylic acids is 1. The standard InChI is InChI=1S/C6H10O5.C6H14/c1-2-11-6(10)4(3-7)5(8)9;1-3-5-6-4-2/h4,7H,2-3H2,1H3,(H,8,9);3-6H2,1-2H3. The summed E-state index contributed by atoms with van der Waals surface area (Å²) in [6, 6.07) is 0. The Kier molecular flexibility index (Phi) is 13.9. The Morgan fingerprint density at radius 1 is 1.12 bits per heavy atom. The van der Waals surface area contributed by atoms with E-state index in [1.807, 2.05) is 0 Å². The number of ether oxygens (including phenoxy) is 1. The van der Waals surface area contributed by atoms with Crippen molar-refractivity contribution in [1.82, 2.24) is 0 Å². The zero-order chi connectivity index (χ0) is 13.7. The lowest BCUT2D eigenvalue weighted by molar-refractivity contribution is -0.160. The number of unbranched alkanes of at least 4 members (excludes halogenated alkanes) is 3. The molecule has 0 spiro atoms. The van der Waals surface area contributed by atoms with Crippen molar-refractivity contribution in [3.8, 4) is 0 Å². The Hall–Kier alpha value is -1.10. The van der Waals surface area contributed by atoms with E-state index in [9.17, 15) is 9.59 Å². The molecule has 1 unspecified atom stereocenters. The zero-order valence-corrected chi connectivity index (χ0v) is 10.9. The van der Waals surface area contributed by atoms with Gasteiger partial charge in [0.25, 0.3) is 0 Å². The number of carbonyl (C=O) groups excluding carboxylic acids is 1. The molecule has 0 rings (SSSR count). The first-order valence-corrected chi connectivity index (χ1v) is 6.05. The Labute approximate surface area is 103 Å². The number of carbonyl (C=O) groups is 2. The minimum atomic E-state index is -1.45. The molecule has 0 aromatic heterocycles. The third kappa shape index (κ3) is 11.2. The van der Waals surface area contributed by atoms with Crippen LogP contribution >= 0.6 is 0 Å². The highest BCUT2D eigenvalue weighted by Crippen LogP contribution is 1.98. The molecule has 0 aliphatic rings. The lowest BCUT2D eigenvalue weighted by Gasteiger charge is -2.06. The average Bonchev–Trinajstić information content (AvgIpc) is 2.28. The number of hydrogen-bond donors (Lipinski definition) is 2. The number of rotatable bonds is 7. The Morgan fingerprint density at radius 3 is 1.82 bits per heavy atom. The van der Waals surface area contributed by atoms with Crippen molar-refractivity contribution in [3.05, 3.63) is 0 Å². The maximum atomic E-state index is 10.7. The highest BCUT2D eigenvalue weighted by atomic mass is 16.5. The molecule has 0 bridgehead atoms. The summed E-state index contributed by atoms with van der Waals surface area (Å²) in [5.41, 5.74) is 0. The first kappa shape index (κ1) is 18.3. The van der Waals surface area contributed by atoms with Crippen molar-refractivity contribution in [2.24, 2.45) is 5.92 Å². The van der Waals surface area contributed by atoms with Gasteiger partial charge in [-0.25, -0.2) is 0 Å². The van der Waals surface area contributed by atoms with Gasteiger partial charge in [-0.3, -0.25) is 9.59 Å². The minimum absolute atomic E-state index is 0.114. The molecule has 17 heavy (non-hydrogen) atoms. The second-order valence-electron chi connectivity index (χ2n) is 3.53. The lowest BCUT2D eigenvalue weighted by atomic mass is 10.2. The maximum absolute atomic E-state index is 10.7. The predicted molar refractivity (Wildman–Crippen MR) is 64.7 cm³/mol. The molecule has 0 aliphatic carbocycles. The molecule has 0 radical (unpaired) electrons. The molecule has 102 valence electrons. The van der Waals surface area contributed by atoms with Gasteiger partial charge in [0.15, 0.2) is 5.92 Å². The molecule has 0 aromatic carbocycles. The average molecular weight is 248 g/mol. The lowest BCUT2D eigenvalue weighted by Crippen LogP contribution is -2.28. The van der Waals surface area contributed by atoms with Crippen LogP contribution in [-0.2, 0) is 14.3 Å². The number of esters is 1. The molecule has 0 saturated carbocycles. The van der Waals surface area contributed by atoms with E-state index in [1.54, 1.807) is 6.92 Å². The van der Waals surface area contributed by atoms with Crippen LogP contribution in [0.4, 0.5) is 0 Å². The SMILES string of the molecule is CCCCCC.CCOC(=O)C(CO)C(=O)O. The summed E-state index contributed by atoms with van der Waals surface area (Å²) in [6.07, 6.45) is 5.54. The summed E-state index contributed by atoms with van der Waals surface area (Å²) in [4.78, 5) is 20.8. The second kappa shape index (κ2) is 13.0. The van der Waals surface area contributed by atoms with Crippen molar-refractivity contribution >= 4 is 11.9 Å². The molecule has 0 aliphatic heterocycles. The van der Waals surface area contributed by atoms with E-state index in [-0.39, 0.29) is 6.61 Å². The summed E-state index contributed by atoms with van der Waals surface area (Å²) >= 11 is 0. The molecule has 5 nitrogen and oxygen atoms in total. The highest BCUT2D eigenvalue weighted by molar-refractivity contribution is 5.94. The van der Waals surface area contributed by atoms with Crippen LogP contribution in [0, 0.1) is 5.92 Å². The van der Waals surface area contributed by atoms with Crippen LogP contribution in [0.15, 0.2) is 0 Å². The van der Waals surface area contributed by atoms with E-state index in [0.29, 0.717) is 0 Å². The number of aliphatic hydroxyl groups excluding tert-OH is 1. The Morgan fingerprint density at radius 2 is 1.59 bits per heavy atom. The summed E-state index contributed by atoms with van der Waals surface area (Å²) in [5, 5.41) is 16.7. The normalized spacial score (nSPS) is 11.1. The van der Waals surface area contributed by atoms with Crippen LogP contribution in [0.1, 0.15) is 46.5 Å². The molecule has 5 heteroatoms. The van der Waals surface area contributed by atoms with Gasteiger partial charge >= 0.3 is 11.9 Å². The van der Waals surface area contributed by atoms with Crippen molar-refractivity contribution in [2.75, 3.05) is 13.2 Å². The number of carboxylic acid groups (broad SMARTS) is 1. The van der Waals surface area contributed by atoms with Crippen LogP contribution in [-0.4, -0.2) is 35.4 Å². The molecule has 0 aromatic rings. The van der Waals surface area contributed by atoms with Crippen molar-refractivity contribution in [3.63, 3.8) is 0 Å². The topological polar surface area (TPSA) is 83.8 Å². The largest absolute Gasteiger partial charge is 0.481 e. The van der Waals surface area contributed by atoms with Gasteiger partial charge in [0.05, 0.1) is 13.2 Å². The third-order valence-corrected chi connectivity index (χ3v) is 2.01. The summed E-state index contributed by atoms with van der Waals surface area (Å²) in [7, 11) is 0. The fourth-order valence-corrected chi connectivity index (χ4v) is 0.996. The predicted octanol–water partition coefficient (Wildman–Crippen LogP) is 1.83. The van der Waals surface area contributed by atoms with Crippen LogP contribution in [0.2, 0.25) is 0 Å². The monoisotopic (exact) mass is 248 g/mol. The van der Waals surface area contributed by atoms with Gasteiger partial charge in [-0.2, -0.15) is 0 Å². The van der Waals surface area contributed by atoms with Gasteiger partial charge in [-0.05, 0) is 6.92 Å². The first-order chi connectivity index (χ1) is 8.04. The summed E-state index contributed by atoms with van der Waals surface area (Å²) in [5.74, 6) is -3.72. The van der Waals surface area contributed by atoms with Crippen LogP contribution < -0.4 is 0 Å². The van der Waals surface area contributed by atoms with Gasteiger partial charge in [-0.1, -0.05) is 39.5 Å². The summed E-state index contributed by atoms with van der Waals surface area (Å²) < 4.78 is 4.38. The molecular formula is C12H24O5. The number of carboxylic acids is 1. The minimum Gasteiger partial charge on any atom is -0.481 e. The van der Waals surface area contributed by atoms with Crippen LogP contribution in [0.3, 0.4) is 0 Å². The van der Waals surface area contributed by atoms with Crippen LogP contribution in [0.25, 0.3) is 0 Å².